The molecule has 3 heteroatoms. The molecule has 0 spiro atoms. The summed E-state index contributed by atoms with van der Waals surface area (Å²) in [6.07, 6.45) is 2.05. The molecule has 11 heavy (non-hydrogen) atoms. The van der Waals surface area contributed by atoms with Gasteiger partial charge in [0.05, 0.1) is 0 Å². The second-order valence-electron chi connectivity index (χ2n) is 2.48. The lowest BCUT2D eigenvalue weighted by atomic mass is 9.93. The van der Waals surface area contributed by atoms with Gasteiger partial charge in [0.2, 0.25) is 6.56 Å². The molecule has 0 atom stereocenters. The molecule has 0 unspecified atom stereocenters. The predicted molar refractivity (Wildman–Crippen MR) is 52.6 cm³/mol. The number of hydrogen-bond acceptors (Lipinski definition) is 2. The van der Waals surface area contributed by atoms with E-state index < -0.39 is 0 Å². The molecule has 1 radical (unpaired) electrons. The van der Waals surface area contributed by atoms with Gasteiger partial charge in [0, 0.05) is 11.4 Å². The molecule has 1 aromatic heterocycles. The van der Waals surface area contributed by atoms with Crippen LogP contribution in [0.4, 0.5) is 0 Å². The number of aromatic nitrogens is 1. The SMILES string of the molecule is CS[B]c1ccc(C)nc1C. The van der Waals surface area contributed by atoms with Crippen molar-refractivity contribution in [1.82, 2.24) is 4.98 Å². The fourth-order valence-corrected chi connectivity index (χ4v) is 1.45. The Morgan fingerprint density at radius 3 is 2.64 bits per heavy atom. The van der Waals surface area contributed by atoms with Crippen molar-refractivity contribution in [2.45, 2.75) is 13.8 Å². The first kappa shape index (κ1) is 8.66. The van der Waals surface area contributed by atoms with Crippen LogP contribution in [0.25, 0.3) is 0 Å². The normalized spacial score (nSPS) is 9.73. The van der Waals surface area contributed by atoms with E-state index in [0.717, 1.165) is 11.4 Å². The molecule has 0 aliphatic heterocycles. The van der Waals surface area contributed by atoms with Gasteiger partial charge >= 0.3 is 0 Å². The highest BCUT2D eigenvalue weighted by Crippen LogP contribution is 1.96. The van der Waals surface area contributed by atoms with Crippen molar-refractivity contribution in [3.63, 3.8) is 0 Å². The molecule has 57 valence electrons. The molecule has 1 rings (SSSR count). The summed E-state index contributed by atoms with van der Waals surface area (Å²) < 4.78 is 0. The number of rotatable bonds is 2. The van der Waals surface area contributed by atoms with Crippen LogP contribution in [-0.2, 0) is 0 Å². The van der Waals surface area contributed by atoms with Gasteiger partial charge in [-0.15, -0.1) is 0 Å². The third-order valence-corrected chi connectivity index (χ3v) is 2.00. The average molecular weight is 164 g/mol. The molecule has 0 N–H and O–H groups in total. The van der Waals surface area contributed by atoms with Crippen LogP contribution in [0, 0.1) is 13.8 Å². The lowest BCUT2D eigenvalue weighted by Gasteiger charge is -2.01. The molecule has 0 saturated carbocycles. The molecule has 1 nitrogen and oxygen atoms in total. The summed E-state index contributed by atoms with van der Waals surface area (Å²) in [7, 11) is 0. The maximum Gasteiger partial charge on any atom is 0.231 e. The molecule has 0 aliphatic rings. The Kier molecular flexibility index (Phi) is 3.00. The van der Waals surface area contributed by atoms with Crippen molar-refractivity contribution >= 4 is 23.6 Å². The molecule has 1 heterocycles. The predicted octanol–water partition coefficient (Wildman–Crippen LogP) is 1.31. The molecule has 0 bridgehead atoms. The lowest BCUT2D eigenvalue weighted by molar-refractivity contribution is 1.14. The third kappa shape index (κ3) is 2.26. The standard InChI is InChI=1S/C8H11BNS/c1-6-4-5-8(9-11-3)7(2)10-6/h4-5H,1-3H3. The van der Waals surface area contributed by atoms with Crippen molar-refractivity contribution in [2.75, 3.05) is 6.26 Å². The first-order chi connectivity index (χ1) is 5.24. The van der Waals surface area contributed by atoms with Crippen molar-refractivity contribution in [3.8, 4) is 0 Å². The van der Waals surface area contributed by atoms with Gasteiger partial charge in [-0.3, -0.25) is 4.98 Å². The molecule has 0 aromatic carbocycles. The summed E-state index contributed by atoms with van der Waals surface area (Å²) in [5.74, 6) is 0. The van der Waals surface area contributed by atoms with Gasteiger partial charge in [-0.1, -0.05) is 11.5 Å². The van der Waals surface area contributed by atoms with E-state index in [4.69, 9.17) is 0 Å². The molecule has 0 aliphatic carbocycles. The zero-order valence-corrected chi connectivity index (χ0v) is 7.90. The van der Waals surface area contributed by atoms with E-state index in [1.54, 1.807) is 11.6 Å². The summed E-state index contributed by atoms with van der Waals surface area (Å²) in [6.45, 7) is 6.16. The van der Waals surface area contributed by atoms with Gasteiger partial charge in [-0.2, -0.15) is 0 Å². The molecule has 1 aromatic rings. The smallest absolute Gasteiger partial charge is 0.231 e. The summed E-state index contributed by atoms with van der Waals surface area (Å²) in [5.41, 5.74) is 3.42. The molecule has 0 saturated heterocycles. The van der Waals surface area contributed by atoms with Gasteiger partial charge in [0.25, 0.3) is 0 Å². The van der Waals surface area contributed by atoms with Crippen LogP contribution >= 0.6 is 11.6 Å². The largest absolute Gasteiger partial charge is 0.259 e. The Labute approximate surface area is 72.8 Å². The fraction of sp³-hybridized carbons (Fsp3) is 0.375. The van der Waals surface area contributed by atoms with Crippen molar-refractivity contribution < 1.29 is 0 Å². The van der Waals surface area contributed by atoms with E-state index >= 15 is 0 Å². The Morgan fingerprint density at radius 1 is 1.36 bits per heavy atom. The topological polar surface area (TPSA) is 12.9 Å². The summed E-state index contributed by atoms with van der Waals surface area (Å²) in [4.78, 5) is 4.35. The number of nitrogens with zero attached hydrogens (tertiary/aromatic N) is 1. The monoisotopic (exact) mass is 164 g/mol. The number of hydrogen-bond donors (Lipinski definition) is 0. The summed E-state index contributed by atoms with van der Waals surface area (Å²) in [5, 5.41) is 0. The van der Waals surface area contributed by atoms with Gasteiger partial charge in [-0.05, 0) is 26.2 Å². The molecular weight excluding hydrogens is 153 g/mol. The van der Waals surface area contributed by atoms with Crippen LogP contribution in [0.3, 0.4) is 0 Å². The van der Waals surface area contributed by atoms with Crippen molar-refractivity contribution in [3.05, 3.63) is 23.5 Å². The van der Waals surface area contributed by atoms with Gasteiger partial charge < -0.3 is 0 Å². The lowest BCUT2D eigenvalue weighted by Crippen LogP contribution is -2.16. The third-order valence-electron chi connectivity index (χ3n) is 1.51. The minimum Gasteiger partial charge on any atom is -0.259 e. The Morgan fingerprint density at radius 2 is 2.09 bits per heavy atom. The quantitative estimate of drug-likeness (QED) is 0.611. The Bertz CT molecular complexity index is 250. The van der Waals surface area contributed by atoms with Crippen LogP contribution in [0.5, 0.6) is 0 Å². The fourth-order valence-electron chi connectivity index (χ4n) is 0.949. The number of pyridine rings is 1. The highest BCUT2D eigenvalue weighted by molar-refractivity contribution is 8.23. The second kappa shape index (κ2) is 3.81. The van der Waals surface area contributed by atoms with Crippen LogP contribution in [0.2, 0.25) is 0 Å². The van der Waals surface area contributed by atoms with Gasteiger partial charge in [0.15, 0.2) is 0 Å². The molecule has 0 fully saturated rings. The highest BCUT2D eigenvalue weighted by atomic mass is 32.2. The Balaban J connectivity index is 2.90. The molecular formula is C8H11BNS. The number of aryl methyl sites for hydroxylation is 2. The first-order valence-electron chi connectivity index (χ1n) is 3.54. The maximum absolute atomic E-state index is 4.35. The summed E-state index contributed by atoms with van der Waals surface area (Å²) >= 11 is 1.71. The van der Waals surface area contributed by atoms with E-state index in [-0.39, 0.29) is 0 Å². The van der Waals surface area contributed by atoms with Crippen molar-refractivity contribution in [2.24, 2.45) is 0 Å². The van der Waals surface area contributed by atoms with E-state index in [2.05, 4.69) is 23.9 Å². The van der Waals surface area contributed by atoms with Crippen LogP contribution in [-0.4, -0.2) is 17.8 Å². The van der Waals surface area contributed by atoms with E-state index in [0.29, 0.717) is 0 Å². The molecule has 0 amide bonds. The minimum absolute atomic E-state index is 1.08. The van der Waals surface area contributed by atoms with Crippen LogP contribution in [0.15, 0.2) is 12.1 Å². The second-order valence-corrected chi connectivity index (χ2v) is 3.19. The van der Waals surface area contributed by atoms with Gasteiger partial charge in [-0.25, -0.2) is 11.6 Å². The Hall–Kier alpha value is -0.435. The van der Waals surface area contributed by atoms with Crippen LogP contribution < -0.4 is 5.46 Å². The zero-order valence-electron chi connectivity index (χ0n) is 7.09. The van der Waals surface area contributed by atoms with E-state index in [9.17, 15) is 0 Å². The van der Waals surface area contributed by atoms with Crippen molar-refractivity contribution in [1.29, 1.82) is 0 Å². The van der Waals surface area contributed by atoms with E-state index in [1.165, 1.54) is 5.46 Å². The van der Waals surface area contributed by atoms with Gasteiger partial charge in [0.1, 0.15) is 0 Å². The highest BCUT2D eigenvalue weighted by Gasteiger charge is 1.99. The van der Waals surface area contributed by atoms with E-state index in [1.807, 2.05) is 19.9 Å². The summed E-state index contributed by atoms with van der Waals surface area (Å²) in [6, 6.07) is 4.14. The van der Waals surface area contributed by atoms with Crippen LogP contribution in [0.1, 0.15) is 11.4 Å². The first-order valence-corrected chi connectivity index (χ1v) is 4.83. The average Bonchev–Trinajstić information content (AvgIpc) is 1.95. The maximum atomic E-state index is 4.35. The zero-order chi connectivity index (χ0) is 8.27. The minimum atomic E-state index is 1.08.